The highest BCUT2D eigenvalue weighted by atomic mass is 16.6. The highest BCUT2D eigenvalue weighted by Gasteiger charge is 2.21. The van der Waals surface area contributed by atoms with Gasteiger partial charge in [0, 0.05) is 5.92 Å². The Labute approximate surface area is 205 Å². The lowest BCUT2D eigenvalue weighted by atomic mass is 9.77. The highest BCUT2D eigenvalue weighted by molar-refractivity contribution is 5.64. The first-order valence-corrected chi connectivity index (χ1v) is 12.8. The molecule has 1 saturated carbocycles. The van der Waals surface area contributed by atoms with Crippen LogP contribution < -0.4 is 4.74 Å². The summed E-state index contributed by atoms with van der Waals surface area (Å²) >= 11 is 0. The Bertz CT molecular complexity index is 1030. The minimum atomic E-state index is -0.981. The van der Waals surface area contributed by atoms with Crippen LogP contribution >= 0.6 is 0 Å². The van der Waals surface area contributed by atoms with Crippen molar-refractivity contribution in [1.82, 2.24) is 0 Å². The largest absolute Gasteiger partial charge is 0.461 e. The Morgan fingerprint density at radius 1 is 0.853 bits per heavy atom. The van der Waals surface area contributed by atoms with E-state index in [1.807, 2.05) is 12.1 Å². The van der Waals surface area contributed by atoms with Gasteiger partial charge in [0.05, 0.1) is 0 Å². The van der Waals surface area contributed by atoms with Crippen LogP contribution in [0.4, 0.5) is 0 Å². The monoisotopic (exact) mass is 454 g/mol. The fourth-order valence-electron chi connectivity index (χ4n) is 5.32. The van der Waals surface area contributed by atoms with Crippen LogP contribution in [0.15, 0.2) is 85.5 Å². The average molecular weight is 455 g/mol. The maximum Gasteiger partial charge on any atom is 0.216 e. The van der Waals surface area contributed by atoms with E-state index < -0.39 is 6.29 Å². The molecule has 2 nitrogen and oxygen atoms in total. The molecule has 1 aliphatic rings. The van der Waals surface area contributed by atoms with E-state index in [9.17, 15) is 5.11 Å². The summed E-state index contributed by atoms with van der Waals surface area (Å²) in [6, 6.07) is 26.1. The Kier molecular flexibility index (Phi) is 8.24. The lowest BCUT2D eigenvalue weighted by Gasteiger charge is -2.28. The lowest BCUT2D eigenvalue weighted by molar-refractivity contribution is 0.0250. The molecule has 0 aromatic heterocycles. The molecule has 1 aliphatic carbocycles. The normalized spacial score (nSPS) is 19.9. The highest BCUT2D eigenvalue weighted by Crippen LogP contribution is 2.38. The van der Waals surface area contributed by atoms with Crippen LogP contribution in [0, 0.1) is 5.92 Å². The topological polar surface area (TPSA) is 29.5 Å². The van der Waals surface area contributed by atoms with Crippen molar-refractivity contribution in [2.75, 3.05) is 0 Å². The molecular weight excluding hydrogens is 416 g/mol. The predicted molar refractivity (Wildman–Crippen MR) is 142 cm³/mol. The number of rotatable bonds is 9. The zero-order valence-electron chi connectivity index (χ0n) is 20.6. The van der Waals surface area contributed by atoms with Crippen molar-refractivity contribution < 1.29 is 9.84 Å². The number of benzene rings is 3. The van der Waals surface area contributed by atoms with E-state index in [1.54, 1.807) is 0 Å². The van der Waals surface area contributed by atoms with Gasteiger partial charge < -0.3 is 9.84 Å². The van der Waals surface area contributed by atoms with Gasteiger partial charge in [-0.3, -0.25) is 0 Å². The van der Waals surface area contributed by atoms with Gasteiger partial charge in [-0.25, -0.2) is 0 Å². The molecule has 0 radical (unpaired) electrons. The van der Waals surface area contributed by atoms with Gasteiger partial charge in [-0.05, 0) is 83.5 Å². The Morgan fingerprint density at radius 2 is 1.38 bits per heavy atom. The third-order valence-electron chi connectivity index (χ3n) is 7.51. The summed E-state index contributed by atoms with van der Waals surface area (Å²) in [4.78, 5) is 0. The third-order valence-corrected chi connectivity index (χ3v) is 7.51. The van der Waals surface area contributed by atoms with Crippen LogP contribution in [-0.4, -0.2) is 11.4 Å². The molecule has 0 heterocycles. The summed E-state index contributed by atoms with van der Waals surface area (Å²) in [7, 11) is 0. The first-order valence-electron chi connectivity index (χ1n) is 12.8. The van der Waals surface area contributed by atoms with Crippen molar-refractivity contribution in [1.29, 1.82) is 0 Å². The molecule has 2 heteroatoms. The minimum Gasteiger partial charge on any atom is -0.461 e. The number of aliphatic hydroxyl groups is 1. The second-order valence-corrected chi connectivity index (χ2v) is 9.79. The van der Waals surface area contributed by atoms with E-state index >= 15 is 0 Å². The first kappa shape index (κ1) is 24.3. The Hall–Kier alpha value is -2.84. The van der Waals surface area contributed by atoms with Gasteiger partial charge in [0.15, 0.2) is 0 Å². The van der Waals surface area contributed by atoms with Crippen molar-refractivity contribution in [3.63, 3.8) is 0 Å². The van der Waals surface area contributed by atoms with Gasteiger partial charge in [-0.1, -0.05) is 93.9 Å². The Balaban J connectivity index is 1.38. The quantitative estimate of drug-likeness (QED) is 0.259. The molecule has 4 rings (SSSR count). The van der Waals surface area contributed by atoms with Crippen LogP contribution in [0.5, 0.6) is 5.75 Å². The van der Waals surface area contributed by atoms with Gasteiger partial charge >= 0.3 is 0 Å². The molecule has 1 fully saturated rings. The van der Waals surface area contributed by atoms with Gasteiger partial charge in [-0.15, -0.1) is 0 Å². The molecule has 0 spiro atoms. The molecule has 2 unspecified atom stereocenters. The van der Waals surface area contributed by atoms with Crippen molar-refractivity contribution in [3.8, 4) is 16.9 Å². The molecular formula is C32H38O2. The molecule has 34 heavy (non-hydrogen) atoms. The third kappa shape index (κ3) is 5.98. The molecule has 0 bridgehead atoms. The zero-order valence-corrected chi connectivity index (χ0v) is 20.6. The smallest absolute Gasteiger partial charge is 0.216 e. The summed E-state index contributed by atoms with van der Waals surface area (Å²) in [5.41, 5.74) is 6.55. The molecule has 1 N–H and O–H groups in total. The van der Waals surface area contributed by atoms with Gasteiger partial charge in [0.1, 0.15) is 5.75 Å². The van der Waals surface area contributed by atoms with E-state index in [-0.39, 0.29) is 5.92 Å². The van der Waals surface area contributed by atoms with Gasteiger partial charge in [-0.2, -0.15) is 0 Å². The fourth-order valence-corrected chi connectivity index (χ4v) is 5.32. The maximum atomic E-state index is 9.56. The van der Waals surface area contributed by atoms with Gasteiger partial charge in [0.25, 0.3) is 0 Å². The van der Waals surface area contributed by atoms with Crippen molar-refractivity contribution in [2.24, 2.45) is 5.92 Å². The van der Waals surface area contributed by atoms with Crippen LogP contribution in [-0.2, 0) is 0 Å². The molecule has 0 aliphatic heterocycles. The van der Waals surface area contributed by atoms with Crippen LogP contribution in [0.1, 0.15) is 80.9 Å². The van der Waals surface area contributed by atoms with Gasteiger partial charge in [0.2, 0.25) is 6.29 Å². The summed E-state index contributed by atoms with van der Waals surface area (Å²) in [5.74, 6) is 2.61. The van der Waals surface area contributed by atoms with Crippen molar-refractivity contribution in [3.05, 3.63) is 102 Å². The summed E-state index contributed by atoms with van der Waals surface area (Å²) in [5, 5.41) is 9.56. The number of aliphatic hydroxyl groups excluding tert-OH is 1. The SMILES string of the molecule is C=CC(O)Oc1ccc(C(C)c2ccc(-c3ccc(C4CCC(CCC)CC4)cc3)cc2)cc1. The predicted octanol–water partition coefficient (Wildman–Crippen LogP) is 8.46. The van der Waals surface area contributed by atoms with Crippen molar-refractivity contribution >= 4 is 0 Å². The average Bonchev–Trinajstić information content (AvgIpc) is 2.89. The van der Waals surface area contributed by atoms with E-state index in [0.717, 1.165) is 11.8 Å². The fraction of sp³-hybridized carbons (Fsp3) is 0.375. The zero-order chi connectivity index (χ0) is 23.9. The number of hydrogen-bond acceptors (Lipinski definition) is 2. The summed E-state index contributed by atoms with van der Waals surface area (Å²) in [6.07, 6.45) is 8.59. The molecule has 0 amide bonds. The maximum absolute atomic E-state index is 9.56. The summed E-state index contributed by atoms with van der Waals surface area (Å²) < 4.78 is 5.37. The van der Waals surface area contributed by atoms with Crippen molar-refractivity contribution in [2.45, 2.75) is 70.5 Å². The minimum absolute atomic E-state index is 0.276. The van der Waals surface area contributed by atoms with E-state index in [4.69, 9.17) is 4.74 Å². The second kappa shape index (κ2) is 11.5. The van der Waals surface area contributed by atoms with Crippen LogP contribution in [0.3, 0.4) is 0 Å². The molecule has 2 atom stereocenters. The van der Waals surface area contributed by atoms with E-state index in [2.05, 4.69) is 81.1 Å². The molecule has 0 saturated heterocycles. The van der Waals surface area contributed by atoms with E-state index in [0.29, 0.717) is 5.75 Å². The molecule has 3 aromatic rings. The number of ether oxygens (including phenoxy) is 1. The van der Waals surface area contributed by atoms with Crippen LogP contribution in [0.2, 0.25) is 0 Å². The number of hydrogen-bond donors (Lipinski definition) is 1. The standard InChI is InChI=1S/C32H38O2/c1-4-6-24-7-9-27(10-8-24)29-15-17-30(18-16-29)28-13-11-25(12-14-28)23(3)26-19-21-31(22-20-26)34-32(33)5-2/h5,11-24,27,32-33H,2,4,6-10H2,1,3H3. The molecule has 3 aromatic carbocycles. The van der Waals surface area contributed by atoms with Crippen LogP contribution in [0.25, 0.3) is 11.1 Å². The lowest BCUT2D eigenvalue weighted by Crippen LogP contribution is -2.13. The van der Waals surface area contributed by atoms with E-state index in [1.165, 1.54) is 72.4 Å². The molecule has 178 valence electrons. The Morgan fingerprint density at radius 3 is 1.91 bits per heavy atom. The first-order chi connectivity index (χ1) is 16.6. The summed E-state index contributed by atoms with van der Waals surface area (Å²) in [6.45, 7) is 8.05. The second-order valence-electron chi connectivity index (χ2n) is 9.79.